The van der Waals surface area contributed by atoms with Gasteiger partial charge in [0.2, 0.25) is 0 Å². The molecule has 0 saturated heterocycles. The maximum Gasteiger partial charge on any atom is 3.00 e. The van der Waals surface area contributed by atoms with E-state index in [1.54, 1.807) is 0 Å². The fraction of sp³-hybridized carbons (Fsp3) is 0. The standard InChI is InChI=1S/2Ho.3S/q2*+3;3*-2. The molecule has 0 nitrogen and oxygen atoms in total. The van der Waals surface area contributed by atoms with Crippen molar-refractivity contribution in [3.05, 3.63) is 0 Å². The Balaban J connectivity index is 0. The Labute approximate surface area is 113 Å². The summed E-state index contributed by atoms with van der Waals surface area (Å²) < 4.78 is 0. The van der Waals surface area contributed by atoms with Crippen LogP contribution in [0.1, 0.15) is 0 Å². The summed E-state index contributed by atoms with van der Waals surface area (Å²) in [5, 5.41) is 0. The van der Waals surface area contributed by atoms with Crippen LogP contribution >= 0.6 is 0 Å². The molecule has 40 valence electrons. The summed E-state index contributed by atoms with van der Waals surface area (Å²) in [5.41, 5.74) is 0. The molecule has 0 spiro atoms. The molecule has 5 heteroatoms. The van der Waals surface area contributed by atoms with Gasteiger partial charge in [0.1, 0.15) is 0 Å². The van der Waals surface area contributed by atoms with E-state index in [4.69, 9.17) is 0 Å². The van der Waals surface area contributed by atoms with Crippen molar-refractivity contribution in [2.24, 2.45) is 0 Å². The molecule has 0 atom stereocenters. The predicted octanol–water partition coefficient (Wildman–Crippen LogP) is -0.00720. The number of hydrogen-bond acceptors (Lipinski definition) is 0. The molecule has 0 N–H and O–H groups in total. The average molecular weight is 426 g/mol. The van der Waals surface area contributed by atoms with Crippen molar-refractivity contribution in [1.29, 1.82) is 0 Å². The summed E-state index contributed by atoms with van der Waals surface area (Å²) in [7, 11) is 0. The molecular weight excluding hydrogens is 426 g/mol. The zero-order valence-corrected chi connectivity index (χ0v) is 8.15. The molecule has 0 bridgehead atoms. The Morgan fingerprint density at radius 3 is 0.400 bits per heavy atom. The van der Waals surface area contributed by atoms with E-state index in [2.05, 4.69) is 0 Å². The van der Waals surface area contributed by atoms with Crippen molar-refractivity contribution in [2.75, 3.05) is 0 Å². The van der Waals surface area contributed by atoms with Crippen LogP contribution in [0.15, 0.2) is 0 Å². The van der Waals surface area contributed by atoms with Crippen molar-refractivity contribution in [2.45, 2.75) is 0 Å². The van der Waals surface area contributed by atoms with Gasteiger partial charge in [0.05, 0.1) is 0 Å². The van der Waals surface area contributed by atoms with Crippen molar-refractivity contribution in [3.63, 3.8) is 0 Å². The molecule has 0 aromatic rings. The van der Waals surface area contributed by atoms with E-state index < -0.39 is 0 Å². The van der Waals surface area contributed by atoms with Crippen LogP contribution in [0.3, 0.4) is 0 Å². The predicted molar refractivity (Wildman–Crippen MR) is 22.1 cm³/mol. The minimum atomic E-state index is 0. The second-order valence-corrected chi connectivity index (χ2v) is 0. The molecule has 0 aromatic heterocycles. The second kappa shape index (κ2) is 25.6. The Bertz CT molecular complexity index is 4.85. The summed E-state index contributed by atoms with van der Waals surface area (Å²) in [4.78, 5) is 0. The Hall–Kier alpha value is 3.57. The van der Waals surface area contributed by atoms with E-state index in [-0.39, 0.29) is 116 Å². The third-order valence-corrected chi connectivity index (χ3v) is 0. The minimum Gasteiger partial charge on any atom is -2.00 e. The van der Waals surface area contributed by atoms with E-state index in [1.165, 1.54) is 0 Å². The second-order valence-electron chi connectivity index (χ2n) is 0. The van der Waals surface area contributed by atoms with Crippen molar-refractivity contribution in [3.8, 4) is 0 Å². The van der Waals surface area contributed by atoms with Crippen LogP contribution < -0.4 is 0 Å². The molecule has 0 radical (unpaired) electrons. The summed E-state index contributed by atoms with van der Waals surface area (Å²) in [5.74, 6) is 0. The van der Waals surface area contributed by atoms with Gasteiger partial charge in [-0.1, -0.05) is 0 Å². The van der Waals surface area contributed by atoms with Crippen LogP contribution in [0.5, 0.6) is 0 Å². The third kappa shape index (κ3) is 18.4. The first kappa shape index (κ1) is 38.5. The van der Waals surface area contributed by atoms with Crippen LogP contribution in [-0.4, -0.2) is 0 Å². The first-order valence-electron chi connectivity index (χ1n) is 0. The molecule has 0 saturated carbocycles. The quantitative estimate of drug-likeness (QED) is 0.479. The van der Waals surface area contributed by atoms with Crippen LogP contribution in [0.2, 0.25) is 0 Å². The fourth-order valence-electron chi connectivity index (χ4n) is 0. The van der Waals surface area contributed by atoms with Crippen LogP contribution in [0.4, 0.5) is 0 Å². The number of hydrogen-bond donors (Lipinski definition) is 0. The summed E-state index contributed by atoms with van der Waals surface area (Å²) in [6, 6.07) is 0. The molecule has 0 fully saturated rings. The van der Waals surface area contributed by atoms with E-state index >= 15 is 0 Å². The largest absolute Gasteiger partial charge is 3.00 e. The third-order valence-electron chi connectivity index (χ3n) is 0. The van der Waals surface area contributed by atoms with Gasteiger partial charge in [0.15, 0.2) is 0 Å². The van der Waals surface area contributed by atoms with Gasteiger partial charge < -0.3 is 40.5 Å². The summed E-state index contributed by atoms with van der Waals surface area (Å²) in [6.45, 7) is 0. The van der Waals surface area contributed by atoms with Crippen LogP contribution in [-0.2, 0) is 40.5 Å². The molecule has 0 aliphatic heterocycles. The molecule has 0 heterocycles. The topological polar surface area (TPSA) is 0 Å². The van der Waals surface area contributed by atoms with Gasteiger partial charge in [-0.3, -0.25) is 0 Å². The van der Waals surface area contributed by atoms with Gasteiger partial charge in [0.25, 0.3) is 0 Å². The smallest absolute Gasteiger partial charge is 2.00 e. The van der Waals surface area contributed by atoms with Crippen molar-refractivity contribution in [1.82, 2.24) is 0 Å². The Kier molecular flexibility index (Phi) is 198. The minimum absolute atomic E-state index is 0. The zero-order chi connectivity index (χ0) is 0. The van der Waals surface area contributed by atoms with E-state index in [1.807, 2.05) is 0 Å². The van der Waals surface area contributed by atoms with Gasteiger partial charge >= 0.3 is 75.5 Å². The zero-order valence-electron chi connectivity index (χ0n) is 1.83. The maximum absolute atomic E-state index is 0. The molecule has 0 amide bonds. The first-order valence-corrected chi connectivity index (χ1v) is 0. The normalized spacial score (nSPS) is 0. The van der Waals surface area contributed by atoms with Gasteiger partial charge in [-0.15, -0.1) is 0 Å². The molecular formula is Ho2S3. The number of rotatable bonds is 0. The van der Waals surface area contributed by atoms with E-state index in [0.29, 0.717) is 0 Å². The monoisotopic (exact) mass is 426 g/mol. The molecule has 0 aliphatic carbocycles. The maximum atomic E-state index is 0. The molecule has 0 aliphatic rings. The average Bonchev–Trinajstić information content (AvgIpc) is 0. The molecule has 0 unspecified atom stereocenters. The van der Waals surface area contributed by atoms with Gasteiger partial charge in [0, 0.05) is 0 Å². The Morgan fingerprint density at radius 1 is 0.400 bits per heavy atom. The van der Waals surface area contributed by atoms with Gasteiger partial charge in [-0.05, 0) is 0 Å². The van der Waals surface area contributed by atoms with E-state index in [9.17, 15) is 0 Å². The molecule has 5 heavy (non-hydrogen) atoms. The Morgan fingerprint density at radius 2 is 0.400 bits per heavy atom. The van der Waals surface area contributed by atoms with Crippen molar-refractivity contribution < 1.29 is 75.5 Å². The summed E-state index contributed by atoms with van der Waals surface area (Å²) in [6.07, 6.45) is 0. The summed E-state index contributed by atoms with van der Waals surface area (Å²) >= 11 is 0. The van der Waals surface area contributed by atoms with Gasteiger partial charge in [-0.2, -0.15) is 0 Å². The van der Waals surface area contributed by atoms with Crippen molar-refractivity contribution >= 4 is 40.5 Å². The molecule has 0 aromatic carbocycles. The SMILES string of the molecule is [Ho+3].[Ho+3].[S-2].[S-2].[S-2]. The molecule has 0 rings (SSSR count). The first-order chi connectivity index (χ1) is 0. The van der Waals surface area contributed by atoms with E-state index in [0.717, 1.165) is 0 Å². The fourth-order valence-corrected chi connectivity index (χ4v) is 0. The van der Waals surface area contributed by atoms with Gasteiger partial charge in [-0.25, -0.2) is 0 Å². The van der Waals surface area contributed by atoms with Crippen LogP contribution in [0.25, 0.3) is 0 Å². The van der Waals surface area contributed by atoms with Crippen LogP contribution in [0, 0.1) is 75.5 Å².